The van der Waals surface area contributed by atoms with Crippen molar-refractivity contribution < 1.29 is 13.5 Å². The predicted octanol–water partition coefficient (Wildman–Crippen LogP) is 3.98. The van der Waals surface area contributed by atoms with Crippen LogP contribution in [0.2, 0.25) is 5.02 Å². The normalized spacial score (nSPS) is 11.9. The summed E-state index contributed by atoms with van der Waals surface area (Å²) in [4.78, 5) is 26.1. The SMILES string of the molecule is COc1cc(C(F)F)cc(-n2c(C(C)Nc3nc(N)nc(N)c3C#N)nc3cccc(Cl)c3c2=O)c1. The van der Waals surface area contributed by atoms with Crippen LogP contribution in [0, 0.1) is 11.3 Å². The van der Waals surface area contributed by atoms with Crippen molar-refractivity contribution in [2.24, 2.45) is 0 Å². The Morgan fingerprint density at radius 2 is 1.94 bits per heavy atom. The Kier molecular flexibility index (Phi) is 6.59. The first-order valence-corrected chi connectivity index (χ1v) is 10.8. The maximum Gasteiger partial charge on any atom is 0.267 e. The van der Waals surface area contributed by atoms with Crippen LogP contribution in [-0.2, 0) is 0 Å². The molecule has 0 saturated heterocycles. The number of nitrogen functional groups attached to an aromatic ring is 2. The summed E-state index contributed by atoms with van der Waals surface area (Å²) in [5.74, 6) is -0.0663. The molecule has 5 N–H and O–H groups in total. The lowest BCUT2D eigenvalue weighted by molar-refractivity contribution is 0.151. The van der Waals surface area contributed by atoms with E-state index >= 15 is 0 Å². The minimum absolute atomic E-state index is 0.0147. The fourth-order valence-electron chi connectivity index (χ4n) is 3.71. The summed E-state index contributed by atoms with van der Waals surface area (Å²) in [6.07, 6.45) is -2.82. The lowest BCUT2D eigenvalue weighted by Gasteiger charge is -2.21. The number of methoxy groups -OCH3 is 1. The van der Waals surface area contributed by atoms with Crippen molar-refractivity contribution in [3.8, 4) is 17.5 Å². The molecule has 2 aromatic carbocycles. The number of halogens is 3. The van der Waals surface area contributed by atoms with Crippen LogP contribution in [0.1, 0.15) is 36.3 Å². The van der Waals surface area contributed by atoms with E-state index < -0.39 is 18.0 Å². The number of rotatable bonds is 6. The number of nitrogens with one attached hydrogen (secondary N) is 1. The molecule has 10 nitrogen and oxygen atoms in total. The van der Waals surface area contributed by atoms with Crippen LogP contribution in [0.25, 0.3) is 16.6 Å². The van der Waals surface area contributed by atoms with Gasteiger partial charge in [-0.05, 0) is 31.2 Å². The van der Waals surface area contributed by atoms with Gasteiger partial charge in [-0.3, -0.25) is 9.36 Å². The molecule has 0 fully saturated rings. The van der Waals surface area contributed by atoms with E-state index in [0.29, 0.717) is 0 Å². The van der Waals surface area contributed by atoms with Crippen molar-refractivity contribution in [2.75, 3.05) is 23.9 Å². The summed E-state index contributed by atoms with van der Waals surface area (Å²) in [6.45, 7) is 1.64. The number of fused-ring (bicyclic) bond motifs is 1. The summed E-state index contributed by atoms with van der Waals surface area (Å²) in [6, 6.07) is 9.62. The van der Waals surface area contributed by atoms with Crippen LogP contribution < -0.4 is 27.1 Å². The maximum atomic E-state index is 13.7. The van der Waals surface area contributed by atoms with E-state index in [0.717, 1.165) is 10.6 Å². The lowest BCUT2D eigenvalue weighted by Crippen LogP contribution is -2.28. The summed E-state index contributed by atoms with van der Waals surface area (Å²) in [5.41, 5.74) is 10.8. The lowest BCUT2D eigenvalue weighted by atomic mass is 10.1. The van der Waals surface area contributed by atoms with E-state index in [4.69, 9.17) is 27.8 Å². The zero-order chi connectivity index (χ0) is 26.1. The number of benzene rings is 2. The third-order valence-electron chi connectivity index (χ3n) is 5.34. The molecular formula is C23H19ClF2N8O2. The number of alkyl halides is 2. The summed E-state index contributed by atoms with van der Waals surface area (Å²) in [5, 5.41) is 12.7. The number of nitriles is 1. The molecule has 1 atom stereocenters. The molecule has 184 valence electrons. The number of hydrogen-bond acceptors (Lipinski definition) is 9. The molecule has 0 aliphatic carbocycles. The quantitative estimate of drug-likeness (QED) is 0.347. The van der Waals surface area contributed by atoms with Crippen LogP contribution in [0.15, 0.2) is 41.2 Å². The number of nitrogens with two attached hydrogens (primary N) is 2. The Hall–Kier alpha value is -4.50. The van der Waals surface area contributed by atoms with Gasteiger partial charge in [0.25, 0.3) is 12.0 Å². The number of hydrogen-bond donors (Lipinski definition) is 3. The minimum atomic E-state index is -2.82. The minimum Gasteiger partial charge on any atom is -0.497 e. The molecule has 0 amide bonds. The molecule has 4 rings (SSSR count). The van der Waals surface area contributed by atoms with Crippen LogP contribution in [0.3, 0.4) is 0 Å². The average Bonchev–Trinajstić information content (AvgIpc) is 2.83. The molecule has 36 heavy (non-hydrogen) atoms. The van der Waals surface area contributed by atoms with Gasteiger partial charge >= 0.3 is 0 Å². The van der Waals surface area contributed by atoms with Crippen LogP contribution in [-0.4, -0.2) is 26.6 Å². The molecule has 0 spiro atoms. The van der Waals surface area contributed by atoms with Gasteiger partial charge in [-0.1, -0.05) is 17.7 Å². The molecule has 4 aromatic rings. The standard InChI is InChI=1S/C23H19ClF2N8O2/c1-10(30-20-14(9-27)19(28)32-23(29)33-20)21-31-16-5-3-4-15(24)17(16)22(35)34(21)12-6-11(18(25)26)7-13(8-12)36-2/h3-8,10,18H,1-2H3,(H5,28,29,30,32,33). The van der Waals surface area contributed by atoms with Gasteiger partial charge < -0.3 is 21.5 Å². The highest BCUT2D eigenvalue weighted by Gasteiger charge is 2.23. The van der Waals surface area contributed by atoms with E-state index in [9.17, 15) is 18.8 Å². The summed E-state index contributed by atoms with van der Waals surface area (Å²) in [7, 11) is 1.32. The van der Waals surface area contributed by atoms with Crippen molar-refractivity contribution in [1.29, 1.82) is 5.26 Å². The van der Waals surface area contributed by atoms with E-state index in [1.165, 1.54) is 25.3 Å². The van der Waals surface area contributed by atoms with Crippen LogP contribution >= 0.6 is 11.6 Å². The number of nitrogens with zero attached hydrogens (tertiary/aromatic N) is 5. The average molecular weight is 513 g/mol. The van der Waals surface area contributed by atoms with Gasteiger partial charge in [0.2, 0.25) is 5.95 Å². The Bertz CT molecular complexity index is 1590. The van der Waals surface area contributed by atoms with Gasteiger partial charge in [-0.15, -0.1) is 0 Å². The van der Waals surface area contributed by atoms with Crippen LogP contribution in [0.4, 0.5) is 26.4 Å². The highest BCUT2D eigenvalue weighted by Crippen LogP contribution is 2.30. The van der Waals surface area contributed by atoms with Crippen molar-refractivity contribution in [1.82, 2.24) is 19.5 Å². The fourth-order valence-corrected chi connectivity index (χ4v) is 3.96. The maximum absolute atomic E-state index is 13.7. The molecular weight excluding hydrogens is 494 g/mol. The molecule has 2 heterocycles. The Morgan fingerprint density at radius 3 is 2.61 bits per heavy atom. The third-order valence-corrected chi connectivity index (χ3v) is 5.65. The summed E-state index contributed by atoms with van der Waals surface area (Å²) < 4.78 is 33.6. The van der Waals surface area contributed by atoms with Gasteiger partial charge in [0, 0.05) is 11.6 Å². The van der Waals surface area contributed by atoms with Crippen molar-refractivity contribution in [2.45, 2.75) is 19.4 Å². The second-order valence-corrected chi connectivity index (χ2v) is 8.09. The predicted molar refractivity (Wildman–Crippen MR) is 131 cm³/mol. The molecule has 0 saturated carbocycles. The first kappa shape index (κ1) is 24.6. The van der Waals surface area contributed by atoms with Crippen LogP contribution in [0.5, 0.6) is 5.75 Å². The van der Waals surface area contributed by atoms with E-state index in [2.05, 4.69) is 20.3 Å². The highest BCUT2D eigenvalue weighted by atomic mass is 35.5. The molecule has 0 aliphatic rings. The van der Waals surface area contributed by atoms with Gasteiger partial charge in [-0.2, -0.15) is 15.2 Å². The molecule has 0 aliphatic heterocycles. The van der Waals surface area contributed by atoms with Gasteiger partial charge in [0.15, 0.2) is 5.82 Å². The number of aromatic nitrogens is 4. The van der Waals surface area contributed by atoms with E-state index in [-0.39, 0.29) is 61.9 Å². The van der Waals surface area contributed by atoms with Crippen molar-refractivity contribution in [3.63, 3.8) is 0 Å². The molecule has 2 aromatic heterocycles. The smallest absolute Gasteiger partial charge is 0.267 e. The monoisotopic (exact) mass is 512 g/mol. The number of anilines is 3. The van der Waals surface area contributed by atoms with Gasteiger partial charge in [0.05, 0.1) is 34.8 Å². The molecule has 1 unspecified atom stereocenters. The zero-order valence-corrected chi connectivity index (χ0v) is 19.7. The molecule has 13 heteroatoms. The zero-order valence-electron chi connectivity index (χ0n) is 19.0. The molecule has 0 radical (unpaired) electrons. The Balaban J connectivity index is 2.00. The second-order valence-electron chi connectivity index (χ2n) is 7.68. The third kappa shape index (κ3) is 4.44. The fraction of sp³-hybridized carbons (Fsp3) is 0.174. The Labute approximate surface area is 208 Å². The second kappa shape index (κ2) is 9.63. The van der Waals surface area contributed by atoms with Gasteiger partial charge in [0.1, 0.15) is 29.0 Å². The van der Waals surface area contributed by atoms with E-state index in [1.54, 1.807) is 19.1 Å². The summed E-state index contributed by atoms with van der Waals surface area (Å²) >= 11 is 6.30. The first-order chi connectivity index (χ1) is 17.1. The van der Waals surface area contributed by atoms with Crippen molar-refractivity contribution in [3.05, 3.63) is 68.7 Å². The Morgan fingerprint density at radius 1 is 1.19 bits per heavy atom. The van der Waals surface area contributed by atoms with Crippen molar-refractivity contribution >= 4 is 40.1 Å². The largest absolute Gasteiger partial charge is 0.497 e. The van der Waals surface area contributed by atoms with E-state index in [1.807, 2.05) is 6.07 Å². The van der Waals surface area contributed by atoms with Gasteiger partial charge in [-0.25, -0.2) is 13.8 Å². The first-order valence-electron chi connectivity index (χ1n) is 10.4. The topological polar surface area (TPSA) is 158 Å². The highest BCUT2D eigenvalue weighted by molar-refractivity contribution is 6.35. The molecule has 0 bridgehead atoms. The number of ether oxygens (including phenoxy) is 1.